The predicted molar refractivity (Wildman–Crippen MR) is 72.3 cm³/mol. The lowest BCUT2D eigenvalue weighted by Crippen LogP contribution is -1.96. The van der Waals surface area contributed by atoms with Crippen molar-refractivity contribution in [3.63, 3.8) is 0 Å². The summed E-state index contributed by atoms with van der Waals surface area (Å²) < 4.78 is 15.6. The van der Waals surface area contributed by atoms with Crippen LogP contribution in [0.25, 0.3) is 11.1 Å². The Kier molecular flexibility index (Phi) is 4.20. The van der Waals surface area contributed by atoms with E-state index in [0.29, 0.717) is 17.8 Å². The molecule has 2 rings (SSSR count). The van der Waals surface area contributed by atoms with E-state index in [9.17, 15) is 9.59 Å². The number of methoxy groups -OCH3 is 2. The molecule has 0 saturated carbocycles. The molecule has 2 aromatic rings. The summed E-state index contributed by atoms with van der Waals surface area (Å²) in [4.78, 5) is 21.9. The fourth-order valence-electron chi connectivity index (χ4n) is 1.83. The second kappa shape index (κ2) is 6.06. The number of benzene rings is 1. The first-order valence-corrected chi connectivity index (χ1v) is 5.97. The van der Waals surface area contributed by atoms with Crippen LogP contribution in [0.1, 0.15) is 17.0 Å². The van der Waals surface area contributed by atoms with Gasteiger partial charge in [0.1, 0.15) is 6.29 Å². The Labute approximate surface area is 116 Å². The van der Waals surface area contributed by atoms with Gasteiger partial charge in [-0.25, -0.2) is 0 Å². The number of ketones is 1. The van der Waals surface area contributed by atoms with Crippen LogP contribution in [0.2, 0.25) is 0 Å². The lowest BCUT2D eigenvalue weighted by atomic mass is 10.1. The Morgan fingerprint density at radius 1 is 1.15 bits per heavy atom. The minimum absolute atomic E-state index is 0.168. The van der Waals surface area contributed by atoms with E-state index < -0.39 is 0 Å². The van der Waals surface area contributed by atoms with Crippen LogP contribution in [0.15, 0.2) is 34.9 Å². The molecule has 0 N–H and O–H groups in total. The molecule has 20 heavy (non-hydrogen) atoms. The van der Waals surface area contributed by atoms with Gasteiger partial charge in [-0.05, 0) is 23.8 Å². The summed E-state index contributed by atoms with van der Waals surface area (Å²) in [5.74, 6) is 1.04. The fourth-order valence-corrected chi connectivity index (χ4v) is 1.83. The van der Waals surface area contributed by atoms with E-state index in [1.807, 2.05) is 6.07 Å². The standard InChI is InChI=1S/C15H14O5/c1-18-13-4-3-10(7-15(13)19-2)11-8-14(20-9-11)12(17)5-6-16/h3-4,6-9H,5H2,1-2H3. The average Bonchev–Trinajstić information content (AvgIpc) is 2.96. The number of Topliss-reactive ketones (excluding diaryl/α,β-unsaturated/α-hetero) is 1. The maximum Gasteiger partial charge on any atom is 0.205 e. The lowest BCUT2D eigenvalue weighted by Gasteiger charge is -2.08. The van der Waals surface area contributed by atoms with E-state index in [0.717, 1.165) is 11.1 Å². The summed E-state index contributed by atoms with van der Waals surface area (Å²) >= 11 is 0. The zero-order valence-electron chi connectivity index (χ0n) is 11.2. The number of hydrogen-bond donors (Lipinski definition) is 0. The van der Waals surface area contributed by atoms with Crippen LogP contribution in [-0.4, -0.2) is 26.3 Å². The van der Waals surface area contributed by atoms with Crippen molar-refractivity contribution in [1.82, 2.24) is 0 Å². The number of carbonyl (C=O) groups excluding carboxylic acids is 2. The molecule has 0 spiro atoms. The molecule has 0 unspecified atom stereocenters. The first kappa shape index (κ1) is 13.9. The Bertz CT molecular complexity index is 627. The largest absolute Gasteiger partial charge is 0.493 e. The third-order valence-corrected chi connectivity index (χ3v) is 2.86. The summed E-state index contributed by atoms with van der Waals surface area (Å²) in [7, 11) is 3.11. The topological polar surface area (TPSA) is 65.7 Å². The van der Waals surface area contributed by atoms with Crippen LogP contribution in [0.5, 0.6) is 11.5 Å². The summed E-state index contributed by atoms with van der Waals surface area (Å²) in [6.07, 6.45) is 1.85. The van der Waals surface area contributed by atoms with Gasteiger partial charge in [-0.15, -0.1) is 0 Å². The maximum absolute atomic E-state index is 11.5. The van der Waals surface area contributed by atoms with Gasteiger partial charge in [-0.2, -0.15) is 0 Å². The van der Waals surface area contributed by atoms with Crippen LogP contribution < -0.4 is 9.47 Å². The molecule has 0 saturated heterocycles. The van der Waals surface area contributed by atoms with Gasteiger partial charge in [0.05, 0.1) is 26.9 Å². The van der Waals surface area contributed by atoms with E-state index in [-0.39, 0.29) is 18.0 Å². The van der Waals surface area contributed by atoms with Crippen molar-refractivity contribution in [2.45, 2.75) is 6.42 Å². The van der Waals surface area contributed by atoms with Crippen molar-refractivity contribution >= 4 is 12.1 Å². The second-order valence-electron chi connectivity index (χ2n) is 4.06. The molecule has 0 atom stereocenters. The smallest absolute Gasteiger partial charge is 0.205 e. The highest BCUT2D eigenvalue weighted by molar-refractivity contribution is 6.01. The van der Waals surface area contributed by atoms with E-state index in [2.05, 4.69) is 0 Å². The van der Waals surface area contributed by atoms with Crippen LogP contribution in [0, 0.1) is 0 Å². The van der Waals surface area contributed by atoms with Crippen LogP contribution in [-0.2, 0) is 4.79 Å². The molecular weight excluding hydrogens is 260 g/mol. The van der Waals surface area contributed by atoms with Gasteiger partial charge < -0.3 is 18.7 Å². The Morgan fingerprint density at radius 3 is 2.55 bits per heavy atom. The molecule has 1 aromatic heterocycles. The Balaban J connectivity index is 2.32. The third kappa shape index (κ3) is 2.71. The summed E-state index contributed by atoms with van der Waals surface area (Å²) in [6, 6.07) is 7.00. The van der Waals surface area contributed by atoms with Crippen LogP contribution >= 0.6 is 0 Å². The molecule has 1 aromatic carbocycles. The molecule has 0 amide bonds. The SMILES string of the molecule is COc1ccc(-c2coc(C(=O)CC=O)c2)cc1OC. The zero-order valence-corrected chi connectivity index (χ0v) is 11.2. The molecule has 0 fully saturated rings. The first-order valence-electron chi connectivity index (χ1n) is 5.97. The molecule has 0 bridgehead atoms. The molecule has 0 radical (unpaired) electrons. The summed E-state index contributed by atoms with van der Waals surface area (Å²) in [6.45, 7) is 0. The van der Waals surface area contributed by atoms with Crippen LogP contribution in [0.4, 0.5) is 0 Å². The molecule has 104 valence electrons. The van der Waals surface area contributed by atoms with E-state index >= 15 is 0 Å². The van der Waals surface area contributed by atoms with Gasteiger partial charge in [0.15, 0.2) is 17.3 Å². The summed E-state index contributed by atoms with van der Waals surface area (Å²) in [5.41, 5.74) is 1.57. The van der Waals surface area contributed by atoms with Crippen LogP contribution in [0.3, 0.4) is 0 Å². The van der Waals surface area contributed by atoms with Crippen molar-refractivity contribution in [2.24, 2.45) is 0 Å². The highest BCUT2D eigenvalue weighted by Gasteiger charge is 2.13. The average molecular weight is 274 g/mol. The quantitative estimate of drug-likeness (QED) is 0.460. The van der Waals surface area contributed by atoms with E-state index in [1.54, 1.807) is 32.4 Å². The van der Waals surface area contributed by atoms with Gasteiger partial charge >= 0.3 is 0 Å². The first-order chi connectivity index (χ1) is 9.69. The molecule has 0 aliphatic carbocycles. The third-order valence-electron chi connectivity index (χ3n) is 2.86. The van der Waals surface area contributed by atoms with Crippen molar-refractivity contribution in [3.05, 3.63) is 36.3 Å². The van der Waals surface area contributed by atoms with Crippen molar-refractivity contribution in [3.8, 4) is 22.6 Å². The lowest BCUT2D eigenvalue weighted by molar-refractivity contribution is -0.107. The number of hydrogen-bond acceptors (Lipinski definition) is 5. The number of carbonyl (C=O) groups is 2. The highest BCUT2D eigenvalue weighted by atomic mass is 16.5. The van der Waals surface area contributed by atoms with Gasteiger partial charge in [0.25, 0.3) is 0 Å². The van der Waals surface area contributed by atoms with Gasteiger partial charge in [0.2, 0.25) is 5.78 Å². The number of aldehydes is 1. The molecule has 1 heterocycles. The van der Waals surface area contributed by atoms with E-state index in [4.69, 9.17) is 13.9 Å². The van der Waals surface area contributed by atoms with Crippen molar-refractivity contribution in [2.75, 3.05) is 14.2 Å². The minimum Gasteiger partial charge on any atom is -0.493 e. The fraction of sp³-hybridized carbons (Fsp3) is 0.200. The van der Waals surface area contributed by atoms with Crippen molar-refractivity contribution < 1.29 is 23.5 Å². The molecule has 5 nitrogen and oxygen atoms in total. The van der Waals surface area contributed by atoms with Gasteiger partial charge in [0, 0.05) is 5.56 Å². The molecule has 5 heteroatoms. The van der Waals surface area contributed by atoms with Crippen molar-refractivity contribution in [1.29, 1.82) is 0 Å². The number of ether oxygens (including phenoxy) is 2. The normalized spacial score (nSPS) is 10.1. The second-order valence-corrected chi connectivity index (χ2v) is 4.06. The predicted octanol–water partition coefficient (Wildman–Crippen LogP) is 2.74. The molecule has 0 aliphatic heterocycles. The Hall–Kier alpha value is -2.56. The number of furan rings is 1. The maximum atomic E-state index is 11.5. The van der Waals surface area contributed by atoms with Gasteiger partial charge in [-0.1, -0.05) is 6.07 Å². The molecule has 0 aliphatic rings. The monoisotopic (exact) mass is 274 g/mol. The highest BCUT2D eigenvalue weighted by Crippen LogP contribution is 2.33. The van der Waals surface area contributed by atoms with E-state index in [1.165, 1.54) is 6.26 Å². The Morgan fingerprint density at radius 2 is 1.90 bits per heavy atom. The number of rotatable bonds is 6. The zero-order chi connectivity index (χ0) is 14.5. The molecular formula is C15H14O5. The summed E-state index contributed by atoms with van der Waals surface area (Å²) in [5, 5.41) is 0. The minimum atomic E-state index is -0.341. The van der Waals surface area contributed by atoms with Gasteiger partial charge in [-0.3, -0.25) is 4.79 Å².